The predicted molar refractivity (Wildman–Crippen MR) is 76.1 cm³/mol. The topological polar surface area (TPSA) is 57.2 Å². The van der Waals surface area contributed by atoms with E-state index in [0.717, 1.165) is 12.8 Å². The molecule has 4 heteroatoms. The van der Waals surface area contributed by atoms with Crippen LogP contribution in [0.1, 0.15) is 38.5 Å². The number of aromatic nitrogens is 1. The van der Waals surface area contributed by atoms with Crippen LogP contribution in [-0.2, 0) is 11.3 Å². The molecule has 2 rings (SSSR count). The van der Waals surface area contributed by atoms with E-state index in [1.807, 2.05) is 6.07 Å². The fraction of sp³-hybridized carbons (Fsp3) is 0.667. The van der Waals surface area contributed by atoms with Crippen LogP contribution in [0.3, 0.4) is 0 Å². The van der Waals surface area contributed by atoms with Crippen LogP contribution in [0.25, 0.3) is 0 Å². The maximum Gasteiger partial charge on any atom is 0.250 e. The van der Waals surface area contributed by atoms with E-state index in [2.05, 4.69) is 0 Å². The Morgan fingerprint density at radius 2 is 1.95 bits per heavy atom. The summed E-state index contributed by atoms with van der Waals surface area (Å²) in [6.45, 7) is 1.74. The fourth-order valence-electron chi connectivity index (χ4n) is 2.79. The Bertz CT molecular complexity index is 434. The summed E-state index contributed by atoms with van der Waals surface area (Å²) in [6.07, 6.45) is 8.85. The second-order valence-corrected chi connectivity index (χ2v) is 5.38. The largest absolute Gasteiger partial charge is 0.372 e. The first-order valence-electron chi connectivity index (χ1n) is 7.25. The Labute approximate surface area is 114 Å². The van der Waals surface area contributed by atoms with Crippen LogP contribution < -0.4 is 11.3 Å². The number of ether oxygens (including phenoxy) is 1. The van der Waals surface area contributed by atoms with Crippen molar-refractivity contribution < 1.29 is 4.74 Å². The molecule has 0 radical (unpaired) electrons. The van der Waals surface area contributed by atoms with Gasteiger partial charge in [0.05, 0.1) is 12.2 Å². The van der Waals surface area contributed by atoms with Crippen LogP contribution >= 0.6 is 0 Å². The monoisotopic (exact) mass is 264 g/mol. The normalized spacial score (nSPS) is 19.0. The van der Waals surface area contributed by atoms with Gasteiger partial charge in [0.15, 0.2) is 0 Å². The first-order valence-corrected chi connectivity index (χ1v) is 7.25. The average molecular weight is 264 g/mol. The molecule has 1 fully saturated rings. The fourth-order valence-corrected chi connectivity index (χ4v) is 2.79. The molecule has 1 saturated carbocycles. The third-order valence-corrected chi connectivity index (χ3v) is 4.03. The van der Waals surface area contributed by atoms with E-state index in [-0.39, 0.29) is 11.2 Å². The lowest BCUT2D eigenvalue weighted by molar-refractivity contribution is -0.0526. The predicted octanol–water partition coefficient (Wildman–Crippen LogP) is 1.92. The zero-order valence-electron chi connectivity index (χ0n) is 11.5. The van der Waals surface area contributed by atoms with Gasteiger partial charge in [-0.3, -0.25) is 4.79 Å². The molecule has 1 aliphatic rings. The third kappa shape index (κ3) is 3.91. The molecule has 0 spiro atoms. The highest BCUT2D eigenvalue weighted by molar-refractivity contribution is 4.93. The first kappa shape index (κ1) is 14.3. The quantitative estimate of drug-likeness (QED) is 0.827. The van der Waals surface area contributed by atoms with Crippen molar-refractivity contribution in [2.45, 2.75) is 50.7 Å². The molecule has 1 heterocycles. The van der Waals surface area contributed by atoms with Crippen molar-refractivity contribution in [3.63, 3.8) is 0 Å². The minimum atomic E-state index is -0.158. The first-order chi connectivity index (χ1) is 9.26. The summed E-state index contributed by atoms with van der Waals surface area (Å²) in [7, 11) is 0. The summed E-state index contributed by atoms with van der Waals surface area (Å²) < 4.78 is 7.76. The molecule has 19 heavy (non-hydrogen) atoms. The lowest BCUT2D eigenvalue weighted by Crippen LogP contribution is -2.41. The van der Waals surface area contributed by atoms with Gasteiger partial charge in [0.25, 0.3) is 5.56 Å². The highest BCUT2D eigenvalue weighted by Crippen LogP contribution is 2.29. The van der Waals surface area contributed by atoms with Crippen LogP contribution in [0.4, 0.5) is 0 Å². The molecular weight excluding hydrogens is 240 g/mol. The molecule has 1 aromatic rings. The number of hydrogen-bond acceptors (Lipinski definition) is 3. The van der Waals surface area contributed by atoms with Gasteiger partial charge in [0, 0.05) is 25.4 Å². The standard InChI is InChI=1S/C15H24N2O2/c16-13-15(8-4-1-2-5-9-15)19-12-11-17-10-6-3-7-14(17)18/h3,6-7,10H,1-2,4-5,8-9,11-13,16H2. The molecule has 0 aliphatic heterocycles. The zero-order valence-corrected chi connectivity index (χ0v) is 11.5. The molecule has 0 amide bonds. The van der Waals surface area contributed by atoms with Crippen molar-refractivity contribution in [2.75, 3.05) is 13.2 Å². The summed E-state index contributed by atoms with van der Waals surface area (Å²) in [6, 6.07) is 5.20. The maximum atomic E-state index is 11.6. The van der Waals surface area contributed by atoms with Gasteiger partial charge in [-0.25, -0.2) is 0 Å². The van der Waals surface area contributed by atoms with Gasteiger partial charge in [-0.15, -0.1) is 0 Å². The van der Waals surface area contributed by atoms with Crippen LogP contribution in [0.2, 0.25) is 0 Å². The second-order valence-electron chi connectivity index (χ2n) is 5.38. The van der Waals surface area contributed by atoms with E-state index in [9.17, 15) is 4.79 Å². The van der Waals surface area contributed by atoms with Gasteiger partial charge in [0.1, 0.15) is 0 Å². The molecule has 1 aliphatic carbocycles. The molecule has 0 bridgehead atoms. The zero-order chi connectivity index (χ0) is 13.6. The van der Waals surface area contributed by atoms with E-state index in [1.54, 1.807) is 22.9 Å². The smallest absolute Gasteiger partial charge is 0.250 e. The van der Waals surface area contributed by atoms with Gasteiger partial charge in [-0.2, -0.15) is 0 Å². The summed E-state index contributed by atoms with van der Waals surface area (Å²) in [4.78, 5) is 11.6. The van der Waals surface area contributed by atoms with Crippen molar-refractivity contribution in [1.82, 2.24) is 4.57 Å². The van der Waals surface area contributed by atoms with E-state index in [1.165, 1.54) is 25.7 Å². The molecule has 1 aromatic heterocycles. The molecule has 4 nitrogen and oxygen atoms in total. The Morgan fingerprint density at radius 1 is 1.21 bits per heavy atom. The van der Waals surface area contributed by atoms with Crippen molar-refractivity contribution in [3.05, 3.63) is 34.7 Å². The second kappa shape index (κ2) is 6.87. The minimum absolute atomic E-state index is 0.0220. The number of nitrogens with zero attached hydrogens (tertiary/aromatic N) is 1. The van der Waals surface area contributed by atoms with Gasteiger partial charge in [-0.05, 0) is 18.9 Å². The molecule has 0 atom stereocenters. The maximum absolute atomic E-state index is 11.6. The molecule has 0 saturated heterocycles. The van der Waals surface area contributed by atoms with Crippen LogP contribution in [-0.4, -0.2) is 23.3 Å². The van der Waals surface area contributed by atoms with Gasteiger partial charge in [-0.1, -0.05) is 31.7 Å². The van der Waals surface area contributed by atoms with Crippen molar-refractivity contribution in [3.8, 4) is 0 Å². The number of hydrogen-bond donors (Lipinski definition) is 1. The van der Waals surface area contributed by atoms with E-state index in [0.29, 0.717) is 19.7 Å². The van der Waals surface area contributed by atoms with Crippen LogP contribution in [0.15, 0.2) is 29.2 Å². The number of nitrogens with two attached hydrogens (primary N) is 1. The summed E-state index contributed by atoms with van der Waals surface area (Å²) in [5.41, 5.74) is 5.79. The number of pyridine rings is 1. The van der Waals surface area contributed by atoms with Gasteiger partial charge >= 0.3 is 0 Å². The highest BCUT2D eigenvalue weighted by atomic mass is 16.5. The molecule has 106 valence electrons. The van der Waals surface area contributed by atoms with Gasteiger partial charge < -0.3 is 15.0 Å². The molecule has 0 aromatic carbocycles. The highest BCUT2D eigenvalue weighted by Gasteiger charge is 2.30. The number of rotatable bonds is 5. The Kier molecular flexibility index (Phi) is 5.16. The van der Waals surface area contributed by atoms with Gasteiger partial charge in [0.2, 0.25) is 0 Å². The molecule has 0 unspecified atom stereocenters. The summed E-state index contributed by atoms with van der Waals surface area (Å²) >= 11 is 0. The van der Waals surface area contributed by atoms with Crippen LogP contribution in [0, 0.1) is 0 Å². The Morgan fingerprint density at radius 3 is 2.58 bits per heavy atom. The van der Waals surface area contributed by atoms with E-state index in [4.69, 9.17) is 10.5 Å². The molecule has 2 N–H and O–H groups in total. The van der Waals surface area contributed by atoms with E-state index < -0.39 is 0 Å². The van der Waals surface area contributed by atoms with Crippen molar-refractivity contribution in [2.24, 2.45) is 5.73 Å². The van der Waals surface area contributed by atoms with Crippen molar-refractivity contribution >= 4 is 0 Å². The average Bonchev–Trinajstić information content (AvgIpc) is 2.67. The Hall–Kier alpha value is -1.13. The summed E-state index contributed by atoms with van der Waals surface area (Å²) in [5, 5.41) is 0. The van der Waals surface area contributed by atoms with Crippen molar-refractivity contribution in [1.29, 1.82) is 0 Å². The SMILES string of the molecule is NCC1(OCCn2ccccc2=O)CCCCCC1. The minimum Gasteiger partial charge on any atom is -0.372 e. The van der Waals surface area contributed by atoms with Crippen LogP contribution in [0.5, 0.6) is 0 Å². The summed E-state index contributed by atoms with van der Waals surface area (Å²) in [5.74, 6) is 0. The van der Waals surface area contributed by atoms with E-state index >= 15 is 0 Å². The lowest BCUT2D eigenvalue weighted by Gasteiger charge is -2.31. The lowest BCUT2D eigenvalue weighted by atomic mass is 9.94. The molecular formula is C15H24N2O2. The Balaban J connectivity index is 1.89. The third-order valence-electron chi connectivity index (χ3n) is 4.03.